The molecule has 0 saturated heterocycles. The van der Waals surface area contributed by atoms with Crippen molar-refractivity contribution in [2.24, 2.45) is 0 Å². The molecule has 0 fully saturated rings. The van der Waals surface area contributed by atoms with Gasteiger partial charge in [-0.05, 0) is 63.7 Å². The average Bonchev–Trinajstić information content (AvgIpc) is 2.55. The third kappa shape index (κ3) is 3.81. The fourth-order valence-corrected chi connectivity index (χ4v) is 3.43. The maximum absolute atomic E-state index is 12.1. The Hall–Kier alpha value is -1.53. The van der Waals surface area contributed by atoms with E-state index in [4.69, 9.17) is 0 Å². The standard InChI is InChI=1S/C18H14INOS/c19-14-8-10-15(11-9-14)20-18(21)12-22-17-7-3-5-13-4-1-2-6-16(13)17/h1-11H,12H2,(H,20,21). The van der Waals surface area contributed by atoms with Crippen LogP contribution in [-0.4, -0.2) is 11.7 Å². The van der Waals surface area contributed by atoms with E-state index in [0.717, 1.165) is 14.2 Å². The van der Waals surface area contributed by atoms with Crippen LogP contribution in [0.1, 0.15) is 0 Å². The van der Waals surface area contributed by atoms with Crippen molar-refractivity contribution in [1.82, 2.24) is 0 Å². The number of halogens is 1. The highest BCUT2D eigenvalue weighted by Crippen LogP contribution is 2.27. The van der Waals surface area contributed by atoms with Crippen molar-refractivity contribution in [2.45, 2.75) is 4.90 Å². The molecule has 3 aromatic carbocycles. The molecule has 1 N–H and O–H groups in total. The summed E-state index contributed by atoms with van der Waals surface area (Å²) in [5.74, 6) is 0.416. The summed E-state index contributed by atoms with van der Waals surface area (Å²) in [5, 5.41) is 5.32. The van der Waals surface area contributed by atoms with Gasteiger partial charge in [-0.2, -0.15) is 0 Å². The molecule has 0 unspecified atom stereocenters. The minimum absolute atomic E-state index is 0.0131. The van der Waals surface area contributed by atoms with Gasteiger partial charge in [0.05, 0.1) is 5.75 Å². The van der Waals surface area contributed by atoms with Crippen LogP contribution < -0.4 is 5.32 Å². The molecule has 0 aliphatic carbocycles. The summed E-state index contributed by atoms with van der Waals surface area (Å²) < 4.78 is 1.15. The molecule has 3 rings (SSSR count). The highest BCUT2D eigenvalue weighted by atomic mass is 127. The molecule has 0 aliphatic rings. The van der Waals surface area contributed by atoms with E-state index in [1.807, 2.05) is 42.5 Å². The van der Waals surface area contributed by atoms with Gasteiger partial charge in [-0.25, -0.2) is 0 Å². The van der Waals surface area contributed by atoms with Gasteiger partial charge >= 0.3 is 0 Å². The number of thioether (sulfide) groups is 1. The summed E-state index contributed by atoms with van der Waals surface area (Å²) >= 11 is 3.81. The molecule has 0 bridgehead atoms. The Kier molecular flexibility index (Phi) is 5.00. The lowest BCUT2D eigenvalue weighted by Crippen LogP contribution is -2.13. The number of hydrogen-bond acceptors (Lipinski definition) is 2. The topological polar surface area (TPSA) is 29.1 Å². The van der Waals surface area contributed by atoms with E-state index < -0.39 is 0 Å². The Morgan fingerprint density at radius 2 is 1.68 bits per heavy atom. The van der Waals surface area contributed by atoms with Crippen LogP contribution in [0.5, 0.6) is 0 Å². The van der Waals surface area contributed by atoms with Gasteiger partial charge in [0.25, 0.3) is 0 Å². The first-order valence-electron chi connectivity index (χ1n) is 6.88. The molecule has 0 heterocycles. The number of carbonyl (C=O) groups is 1. The molecule has 0 spiro atoms. The molecule has 0 saturated carbocycles. The van der Waals surface area contributed by atoms with E-state index in [-0.39, 0.29) is 5.91 Å². The van der Waals surface area contributed by atoms with Crippen LogP contribution in [0.4, 0.5) is 5.69 Å². The number of carbonyl (C=O) groups excluding carboxylic acids is 1. The highest BCUT2D eigenvalue weighted by Gasteiger charge is 2.06. The smallest absolute Gasteiger partial charge is 0.234 e. The van der Waals surface area contributed by atoms with Gasteiger partial charge in [0.1, 0.15) is 0 Å². The summed E-state index contributed by atoms with van der Waals surface area (Å²) in [5.41, 5.74) is 0.837. The monoisotopic (exact) mass is 419 g/mol. The predicted octanol–water partition coefficient (Wildman–Crippen LogP) is 5.18. The van der Waals surface area contributed by atoms with Gasteiger partial charge in [-0.1, -0.05) is 36.4 Å². The van der Waals surface area contributed by atoms with Crippen LogP contribution in [-0.2, 0) is 4.79 Å². The van der Waals surface area contributed by atoms with Gasteiger partial charge in [0, 0.05) is 14.2 Å². The number of hydrogen-bond donors (Lipinski definition) is 1. The summed E-state index contributed by atoms with van der Waals surface area (Å²) in [6.07, 6.45) is 0. The molecule has 0 radical (unpaired) electrons. The second-order valence-corrected chi connectivity index (χ2v) is 7.08. The van der Waals surface area contributed by atoms with Crippen LogP contribution in [0.15, 0.2) is 71.6 Å². The van der Waals surface area contributed by atoms with E-state index in [9.17, 15) is 4.79 Å². The molecule has 0 aliphatic heterocycles. The van der Waals surface area contributed by atoms with Gasteiger partial charge in [0.15, 0.2) is 0 Å². The molecular weight excluding hydrogens is 405 g/mol. The largest absolute Gasteiger partial charge is 0.325 e. The number of benzene rings is 3. The summed E-state index contributed by atoms with van der Waals surface area (Å²) in [4.78, 5) is 13.2. The number of rotatable bonds is 4. The molecule has 3 aromatic rings. The van der Waals surface area contributed by atoms with Gasteiger partial charge < -0.3 is 5.32 Å². The van der Waals surface area contributed by atoms with Gasteiger partial charge in [-0.3, -0.25) is 4.79 Å². The Morgan fingerprint density at radius 3 is 2.50 bits per heavy atom. The first kappa shape index (κ1) is 15.4. The van der Waals surface area contributed by atoms with Crippen LogP contribution >= 0.6 is 34.4 Å². The van der Waals surface area contributed by atoms with Gasteiger partial charge in [0.2, 0.25) is 5.91 Å². The van der Waals surface area contributed by atoms with Crippen molar-refractivity contribution in [3.63, 3.8) is 0 Å². The zero-order valence-electron chi connectivity index (χ0n) is 11.8. The first-order chi connectivity index (χ1) is 10.7. The first-order valence-corrected chi connectivity index (χ1v) is 8.95. The zero-order chi connectivity index (χ0) is 15.4. The average molecular weight is 419 g/mol. The predicted molar refractivity (Wildman–Crippen MR) is 102 cm³/mol. The maximum Gasteiger partial charge on any atom is 0.234 e. The minimum Gasteiger partial charge on any atom is -0.325 e. The molecule has 110 valence electrons. The van der Waals surface area contributed by atoms with Crippen molar-refractivity contribution in [1.29, 1.82) is 0 Å². The van der Waals surface area contributed by atoms with Crippen molar-refractivity contribution in [2.75, 3.05) is 11.1 Å². The van der Waals surface area contributed by atoms with Crippen molar-refractivity contribution >= 4 is 56.7 Å². The quantitative estimate of drug-likeness (QED) is 0.467. The van der Waals surface area contributed by atoms with E-state index >= 15 is 0 Å². The Bertz CT molecular complexity index is 796. The summed E-state index contributed by atoms with van der Waals surface area (Å²) in [7, 11) is 0. The Morgan fingerprint density at radius 1 is 0.955 bits per heavy atom. The third-order valence-electron chi connectivity index (χ3n) is 3.24. The molecular formula is C18H14INOS. The Balaban J connectivity index is 1.66. The van der Waals surface area contributed by atoms with Crippen molar-refractivity contribution in [3.8, 4) is 0 Å². The molecule has 2 nitrogen and oxygen atoms in total. The maximum atomic E-state index is 12.1. The van der Waals surface area contributed by atoms with E-state index in [1.54, 1.807) is 11.8 Å². The second-order valence-electron chi connectivity index (χ2n) is 4.82. The van der Waals surface area contributed by atoms with E-state index in [2.05, 4.69) is 52.2 Å². The summed E-state index contributed by atoms with van der Waals surface area (Å²) in [6, 6.07) is 22.2. The van der Waals surface area contributed by atoms with E-state index in [1.165, 1.54) is 10.8 Å². The van der Waals surface area contributed by atoms with Crippen LogP contribution in [0.25, 0.3) is 10.8 Å². The molecule has 22 heavy (non-hydrogen) atoms. The lowest BCUT2D eigenvalue weighted by atomic mass is 10.1. The molecule has 1 amide bonds. The zero-order valence-corrected chi connectivity index (χ0v) is 14.7. The number of anilines is 1. The highest BCUT2D eigenvalue weighted by molar-refractivity contribution is 14.1. The number of nitrogens with one attached hydrogen (secondary N) is 1. The van der Waals surface area contributed by atoms with Crippen molar-refractivity contribution in [3.05, 3.63) is 70.3 Å². The lowest BCUT2D eigenvalue weighted by Gasteiger charge is -2.07. The van der Waals surface area contributed by atoms with Crippen LogP contribution in [0.3, 0.4) is 0 Å². The minimum atomic E-state index is 0.0131. The molecule has 0 aromatic heterocycles. The van der Waals surface area contributed by atoms with Crippen LogP contribution in [0, 0.1) is 3.57 Å². The fraction of sp³-hybridized carbons (Fsp3) is 0.0556. The number of fused-ring (bicyclic) bond motifs is 1. The van der Waals surface area contributed by atoms with Crippen LogP contribution in [0.2, 0.25) is 0 Å². The fourth-order valence-electron chi connectivity index (χ4n) is 2.20. The Labute approximate surface area is 147 Å². The third-order valence-corrected chi connectivity index (χ3v) is 5.03. The van der Waals surface area contributed by atoms with Crippen molar-refractivity contribution < 1.29 is 4.79 Å². The lowest BCUT2D eigenvalue weighted by molar-refractivity contribution is -0.113. The molecule has 4 heteroatoms. The summed E-state index contributed by atoms with van der Waals surface area (Å²) in [6.45, 7) is 0. The molecule has 0 atom stereocenters. The normalized spacial score (nSPS) is 10.6. The number of amides is 1. The van der Waals surface area contributed by atoms with E-state index in [0.29, 0.717) is 5.75 Å². The van der Waals surface area contributed by atoms with Gasteiger partial charge in [-0.15, -0.1) is 11.8 Å². The SMILES string of the molecule is O=C(CSc1cccc2ccccc12)Nc1ccc(I)cc1. The second kappa shape index (κ2) is 7.15.